The maximum Gasteiger partial charge on any atom is 0.335 e. The minimum atomic E-state index is -1.12. The molecule has 0 atom stereocenters. The van der Waals surface area contributed by atoms with E-state index in [1.54, 1.807) is 0 Å². The summed E-state index contributed by atoms with van der Waals surface area (Å²) in [7, 11) is 0. The Bertz CT molecular complexity index is 652. The number of nitrogens with zero attached hydrogens (tertiary/aromatic N) is 1. The SMILES string of the molecule is O=C(O)c1cc(Cl)nc(Nc2cc(F)ccc2Br)c1. The zero-order chi connectivity index (χ0) is 14.0. The molecule has 0 spiro atoms. The molecule has 0 unspecified atom stereocenters. The van der Waals surface area contributed by atoms with Crippen molar-refractivity contribution in [3.8, 4) is 0 Å². The van der Waals surface area contributed by atoms with Gasteiger partial charge in [-0.1, -0.05) is 11.6 Å². The number of rotatable bonds is 3. The summed E-state index contributed by atoms with van der Waals surface area (Å²) in [5, 5.41) is 11.8. The van der Waals surface area contributed by atoms with Gasteiger partial charge in [0, 0.05) is 4.47 Å². The maximum absolute atomic E-state index is 13.1. The lowest BCUT2D eigenvalue weighted by Crippen LogP contribution is -2.01. The van der Waals surface area contributed by atoms with E-state index >= 15 is 0 Å². The van der Waals surface area contributed by atoms with E-state index in [4.69, 9.17) is 16.7 Å². The first kappa shape index (κ1) is 13.8. The number of carbonyl (C=O) groups is 1. The van der Waals surface area contributed by atoms with E-state index in [0.717, 1.165) is 0 Å². The maximum atomic E-state index is 13.1. The number of benzene rings is 1. The first-order chi connectivity index (χ1) is 8.95. The first-order valence-corrected chi connectivity index (χ1v) is 6.26. The summed E-state index contributed by atoms with van der Waals surface area (Å²) in [5.41, 5.74) is 0.418. The van der Waals surface area contributed by atoms with Crippen molar-refractivity contribution in [3.63, 3.8) is 0 Å². The van der Waals surface area contributed by atoms with Crippen LogP contribution in [0.25, 0.3) is 0 Å². The molecule has 2 aromatic rings. The number of hydrogen-bond acceptors (Lipinski definition) is 3. The summed E-state index contributed by atoms with van der Waals surface area (Å²) in [6.45, 7) is 0. The van der Waals surface area contributed by atoms with Gasteiger partial charge in [0.1, 0.15) is 16.8 Å². The molecule has 0 saturated carbocycles. The standard InChI is InChI=1S/C12H7BrClFN2O2/c13-8-2-1-7(15)5-9(8)16-11-4-6(12(18)19)3-10(14)17-11/h1-5H,(H,16,17)(H,18,19). The molecule has 0 bridgehead atoms. The average Bonchev–Trinajstić information content (AvgIpc) is 2.33. The van der Waals surface area contributed by atoms with E-state index in [1.807, 2.05) is 0 Å². The molecule has 0 saturated heterocycles. The molecule has 4 nitrogen and oxygen atoms in total. The zero-order valence-electron chi connectivity index (χ0n) is 9.32. The van der Waals surface area contributed by atoms with Crippen LogP contribution in [0.1, 0.15) is 10.4 Å². The highest BCUT2D eigenvalue weighted by Crippen LogP contribution is 2.27. The van der Waals surface area contributed by atoms with Crippen molar-refractivity contribution >= 4 is 45.0 Å². The van der Waals surface area contributed by atoms with Crippen molar-refractivity contribution in [1.29, 1.82) is 0 Å². The van der Waals surface area contributed by atoms with Crippen molar-refractivity contribution in [2.45, 2.75) is 0 Å². The van der Waals surface area contributed by atoms with Gasteiger partial charge in [-0.05, 0) is 46.3 Å². The molecule has 0 radical (unpaired) electrons. The number of pyridine rings is 1. The van der Waals surface area contributed by atoms with Crippen LogP contribution in [-0.2, 0) is 0 Å². The zero-order valence-corrected chi connectivity index (χ0v) is 11.7. The Labute approximate surface area is 121 Å². The van der Waals surface area contributed by atoms with Gasteiger partial charge < -0.3 is 10.4 Å². The molecule has 1 aromatic heterocycles. The highest BCUT2D eigenvalue weighted by Gasteiger charge is 2.09. The van der Waals surface area contributed by atoms with Crippen LogP contribution >= 0.6 is 27.5 Å². The topological polar surface area (TPSA) is 62.2 Å². The quantitative estimate of drug-likeness (QED) is 0.823. The fourth-order valence-electron chi connectivity index (χ4n) is 1.42. The number of aromatic nitrogens is 1. The van der Waals surface area contributed by atoms with Gasteiger partial charge in [-0.2, -0.15) is 0 Å². The van der Waals surface area contributed by atoms with Gasteiger partial charge in [0.2, 0.25) is 0 Å². The van der Waals surface area contributed by atoms with E-state index < -0.39 is 11.8 Å². The highest BCUT2D eigenvalue weighted by molar-refractivity contribution is 9.10. The highest BCUT2D eigenvalue weighted by atomic mass is 79.9. The predicted molar refractivity (Wildman–Crippen MR) is 73.6 cm³/mol. The largest absolute Gasteiger partial charge is 0.478 e. The summed E-state index contributed by atoms with van der Waals surface area (Å²) < 4.78 is 13.8. The summed E-state index contributed by atoms with van der Waals surface area (Å²) in [6.07, 6.45) is 0. The fourth-order valence-corrected chi connectivity index (χ4v) is 1.97. The number of anilines is 2. The van der Waals surface area contributed by atoms with Crippen LogP contribution in [0.5, 0.6) is 0 Å². The lowest BCUT2D eigenvalue weighted by atomic mass is 10.2. The molecule has 1 aromatic carbocycles. The molecule has 0 aliphatic carbocycles. The van der Waals surface area contributed by atoms with Gasteiger partial charge in [0.25, 0.3) is 0 Å². The molecule has 0 fully saturated rings. The Hall–Kier alpha value is -1.66. The third-order valence-corrected chi connectivity index (χ3v) is 3.12. The van der Waals surface area contributed by atoms with Gasteiger partial charge in [0.05, 0.1) is 11.3 Å². The number of carboxylic acid groups (broad SMARTS) is 1. The van der Waals surface area contributed by atoms with Gasteiger partial charge >= 0.3 is 5.97 Å². The second-order valence-corrected chi connectivity index (χ2v) is 4.86. The third kappa shape index (κ3) is 3.42. The Kier molecular flexibility index (Phi) is 4.01. The molecule has 1 heterocycles. The number of nitrogens with one attached hydrogen (secondary N) is 1. The van der Waals surface area contributed by atoms with E-state index in [9.17, 15) is 9.18 Å². The average molecular weight is 346 g/mol. The van der Waals surface area contributed by atoms with Gasteiger partial charge in [-0.3, -0.25) is 0 Å². The van der Waals surface area contributed by atoms with Crippen LogP contribution in [0, 0.1) is 5.82 Å². The minimum Gasteiger partial charge on any atom is -0.478 e. The van der Waals surface area contributed by atoms with Crippen molar-refractivity contribution in [2.75, 3.05) is 5.32 Å². The number of halogens is 3. The van der Waals surface area contributed by atoms with Crippen molar-refractivity contribution in [1.82, 2.24) is 4.98 Å². The van der Waals surface area contributed by atoms with Gasteiger partial charge in [-0.25, -0.2) is 14.2 Å². The molecule has 19 heavy (non-hydrogen) atoms. The van der Waals surface area contributed by atoms with Crippen LogP contribution < -0.4 is 5.32 Å². The summed E-state index contributed by atoms with van der Waals surface area (Å²) in [5.74, 6) is -1.33. The molecule has 0 aliphatic heterocycles. The lowest BCUT2D eigenvalue weighted by Gasteiger charge is -2.09. The van der Waals surface area contributed by atoms with Crippen LogP contribution in [0.4, 0.5) is 15.9 Å². The van der Waals surface area contributed by atoms with Crippen LogP contribution in [0.2, 0.25) is 5.15 Å². The van der Waals surface area contributed by atoms with Crippen molar-refractivity contribution in [3.05, 3.63) is 51.3 Å². The van der Waals surface area contributed by atoms with E-state index in [-0.39, 0.29) is 16.5 Å². The number of carboxylic acids is 1. The fraction of sp³-hybridized carbons (Fsp3) is 0. The Morgan fingerprint density at radius 2 is 2.11 bits per heavy atom. The Balaban J connectivity index is 2.38. The monoisotopic (exact) mass is 344 g/mol. The molecule has 7 heteroatoms. The van der Waals surface area contributed by atoms with Crippen LogP contribution in [0.15, 0.2) is 34.8 Å². The lowest BCUT2D eigenvalue weighted by molar-refractivity contribution is 0.0697. The number of hydrogen-bond donors (Lipinski definition) is 2. The Morgan fingerprint density at radius 1 is 1.37 bits per heavy atom. The first-order valence-electron chi connectivity index (χ1n) is 5.08. The predicted octanol–water partition coefficient (Wildman–Crippen LogP) is 4.08. The molecule has 0 amide bonds. The summed E-state index contributed by atoms with van der Waals surface area (Å²) in [6, 6.07) is 6.62. The van der Waals surface area contributed by atoms with E-state index in [0.29, 0.717) is 10.2 Å². The van der Waals surface area contributed by atoms with E-state index in [2.05, 4.69) is 26.2 Å². The molecule has 0 aliphatic rings. The number of aromatic carboxylic acids is 1. The van der Waals surface area contributed by atoms with Crippen LogP contribution in [-0.4, -0.2) is 16.1 Å². The molecule has 2 N–H and O–H groups in total. The second-order valence-electron chi connectivity index (χ2n) is 3.62. The normalized spacial score (nSPS) is 10.3. The smallest absolute Gasteiger partial charge is 0.335 e. The molecule has 98 valence electrons. The van der Waals surface area contributed by atoms with Crippen LogP contribution in [0.3, 0.4) is 0 Å². The van der Waals surface area contributed by atoms with Crippen molar-refractivity contribution < 1.29 is 14.3 Å². The van der Waals surface area contributed by atoms with Crippen molar-refractivity contribution in [2.24, 2.45) is 0 Å². The van der Waals surface area contributed by atoms with E-state index in [1.165, 1.54) is 30.3 Å². The molecule has 2 rings (SSSR count). The second kappa shape index (κ2) is 5.54. The molecular weight excluding hydrogens is 338 g/mol. The molecular formula is C12H7BrClFN2O2. The minimum absolute atomic E-state index is 0.00461. The van der Waals surface area contributed by atoms with Gasteiger partial charge in [0.15, 0.2) is 0 Å². The summed E-state index contributed by atoms with van der Waals surface area (Å²) >= 11 is 8.98. The third-order valence-electron chi connectivity index (χ3n) is 2.23. The summed E-state index contributed by atoms with van der Waals surface area (Å²) in [4.78, 5) is 14.8. The Morgan fingerprint density at radius 3 is 2.79 bits per heavy atom. The van der Waals surface area contributed by atoms with Gasteiger partial charge in [-0.15, -0.1) is 0 Å².